The van der Waals surface area contributed by atoms with E-state index in [9.17, 15) is 9.59 Å². The van der Waals surface area contributed by atoms with Gasteiger partial charge in [0.25, 0.3) is 0 Å². The van der Waals surface area contributed by atoms with Gasteiger partial charge in [-0.3, -0.25) is 0 Å². The summed E-state index contributed by atoms with van der Waals surface area (Å²) < 4.78 is 8.23. The van der Waals surface area contributed by atoms with Crippen LogP contribution in [0.15, 0.2) is 24.5 Å². The predicted octanol–water partition coefficient (Wildman–Crippen LogP) is 2.18. The summed E-state index contributed by atoms with van der Waals surface area (Å²) in [6.07, 6.45) is 1.60. The van der Waals surface area contributed by atoms with Crippen molar-refractivity contribution < 1.29 is 14.3 Å². The van der Waals surface area contributed by atoms with Crippen LogP contribution in [0.3, 0.4) is 0 Å². The zero-order valence-corrected chi connectivity index (χ0v) is 18.1. The Balaban J connectivity index is 2.19. The van der Waals surface area contributed by atoms with Gasteiger partial charge in [-0.2, -0.15) is 0 Å². The summed E-state index contributed by atoms with van der Waals surface area (Å²) in [4.78, 5) is 37.9. The number of benzene rings is 1. The molecule has 1 aromatic carbocycles. The van der Waals surface area contributed by atoms with E-state index in [2.05, 4.69) is 25.9 Å². The zero-order valence-electron chi connectivity index (χ0n) is 15.3. The molecular weight excluding hydrogens is 425 g/mol. The Labute approximate surface area is 151 Å². The molecule has 25 heavy (non-hydrogen) atoms. The molecule has 0 fully saturated rings. The van der Waals surface area contributed by atoms with Crippen molar-refractivity contribution in [1.82, 2.24) is 14.5 Å². The van der Waals surface area contributed by atoms with Gasteiger partial charge < -0.3 is 0 Å². The van der Waals surface area contributed by atoms with Crippen molar-refractivity contribution in [3.8, 4) is 5.69 Å². The monoisotopic (exact) mass is 449 g/mol. The van der Waals surface area contributed by atoms with E-state index >= 15 is 0 Å². The Morgan fingerprint density at radius 2 is 2.04 bits per heavy atom. The SMILES string of the molecule is CCOC(=O)c1ncn2c1CN(C)C(=O)c1c[c]([Sn]([CH3])([CH3])[CH3])ccc1-2. The molecule has 0 N–H and O–H groups in total. The number of hydrogen-bond acceptors (Lipinski definition) is 4. The maximum atomic E-state index is 12.9. The molecular formula is C18H23N3O3Sn. The predicted molar refractivity (Wildman–Crippen MR) is 98.3 cm³/mol. The molecule has 0 unspecified atom stereocenters. The molecule has 3 rings (SSSR count). The number of carbonyl (C=O) groups is 2. The Morgan fingerprint density at radius 1 is 1.32 bits per heavy atom. The summed E-state index contributed by atoms with van der Waals surface area (Å²) in [5, 5.41) is 0. The van der Waals surface area contributed by atoms with Crippen LogP contribution in [0.1, 0.15) is 33.5 Å². The quantitative estimate of drug-likeness (QED) is 0.534. The first-order valence-corrected chi connectivity index (χ1v) is 18.4. The fourth-order valence-corrected chi connectivity index (χ4v) is 6.30. The van der Waals surface area contributed by atoms with Crippen molar-refractivity contribution in [2.24, 2.45) is 0 Å². The summed E-state index contributed by atoms with van der Waals surface area (Å²) in [7, 11) is 1.75. The van der Waals surface area contributed by atoms with Crippen LogP contribution >= 0.6 is 0 Å². The van der Waals surface area contributed by atoms with Crippen molar-refractivity contribution >= 4 is 33.8 Å². The van der Waals surface area contributed by atoms with Crippen LogP contribution < -0.4 is 3.58 Å². The van der Waals surface area contributed by atoms with E-state index in [1.165, 1.54) is 3.58 Å². The number of aromatic nitrogens is 2. The van der Waals surface area contributed by atoms with Crippen LogP contribution in [0.5, 0.6) is 0 Å². The van der Waals surface area contributed by atoms with E-state index in [-0.39, 0.29) is 11.6 Å². The van der Waals surface area contributed by atoms with Crippen LogP contribution in [0, 0.1) is 0 Å². The second-order valence-corrected chi connectivity index (χ2v) is 21.8. The first-order chi connectivity index (χ1) is 11.7. The summed E-state index contributed by atoms with van der Waals surface area (Å²) in [5.74, 6) is -0.492. The normalized spacial score (nSPS) is 14.0. The molecule has 0 spiro atoms. The van der Waals surface area contributed by atoms with Crippen LogP contribution in [0.2, 0.25) is 14.8 Å². The molecule has 1 aliphatic heterocycles. The van der Waals surface area contributed by atoms with E-state index in [1.807, 2.05) is 16.7 Å². The maximum absolute atomic E-state index is 12.9. The molecule has 0 atom stereocenters. The number of fused-ring (bicyclic) bond motifs is 3. The van der Waals surface area contributed by atoms with Crippen LogP contribution in [0.4, 0.5) is 0 Å². The molecule has 1 amide bonds. The summed E-state index contributed by atoms with van der Waals surface area (Å²) in [6.45, 7) is 2.37. The number of hydrogen-bond donors (Lipinski definition) is 0. The van der Waals surface area contributed by atoms with Crippen LogP contribution in [0.25, 0.3) is 5.69 Å². The molecule has 1 aliphatic rings. The van der Waals surface area contributed by atoms with Gasteiger partial charge in [-0.05, 0) is 0 Å². The summed E-state index contributed by atoms with van der Waals surface area (Å²) in [6, 6.07) is 6.12. The third-order valence-electron chi connectivity index (χ3n) is 4.42. The van der Waals surface area contributed by atoms with E-state index in [1.54, 1.807) is 25.2 Å². The molecule has 132 valence electrons. The second-order valence-electron chi connectivity index (χ2n) is 7.27. The van der Waals surface area contributed by atoms with Gasteiger partial charge >= 0.3 is 152 Å². The minimum absolute atomic E-state index is 0.0362. The first-order valence-electron chi connectivity index (χ1n) is 8.37. The van der Waals surface area contributed by atoms with Crippen molar-refractivity contribution in [3.05, 3.63) is 41.5 Å². The first kappa shape index (κ1) is 18.0. The Bertz CT molecular complexity index is 852. The third kappa shape index (κ3) is 3.19. The van der Waals surface area contributed by atoms with Gasteiger partial charge in [0.1, 0.15) is 0 Å². The molecule has 2 aromatic rings. The summed E-state index contributed by atoms with van der Waals surface area (Å²) in [5.41, 5.74) is 2.39. The molecule has 0 saturated carbocycles. The van der Waals surface area contributed by atoms with Gasteiger partial charge in [0, 0.05) is 0 Å². The average Bonchev–Trinajstić information content (AvgIpc) is 2.92. The fraction of sp³-hybridized carbons (Fsp3) is 0.389. The molecule has 0 aliphatic carbocycles. The van der Waals surface area contributed by atoms with Gasteiger partial charge in [0.05, 0.1) is 0 Å². The van der Waals surface area contributed by atoms with Gasteiger partial charge in [0.2, 0.25) is 0 Å². The summed E-state index contributed by atoms with van der Waals surface area (Å²) >= 11 is -2.31. The molecule has 0 saturated heterocycles. The minimum atomic E-state index is -2.31. The van der Waals surface area contributed by atoms with Crippen molar-refractivity contribution in [2.45, 2.75) is 28.3 Å². The number of carbonyl (C=O) groups excluding carboxylic acids is 2. The van der Waals surface area contributed by atoms with E-state index in [4.69, 9.17) is 4.74 Å². The molecule has 6 nitrogen and oxygen atoms in total. The van der Waals surface area contributed by atoms with Crippen molar-refractivity contribution in [1.29, 1.82) is 0 Å². The van der Waals surface area contributed by atoms with Gasteiger partial charge in [0.15, 0.2) is 0 Å². The standard InChI is InChI=1S/C15H14N3O3.3CH3.Sn/c1-3-21-15(20)13-12-8-17(2)14(19)10-6-4-5-7-11(10)18(12)9-16-13;;;;/h5-7,9H,3,8H2,1-2H3;3*1H3;. The van der Waals surface area contributed by atoms with E-state index < -0.39 is 24.3 Å². The van der Waals surface area contributed by atoms with Gasteiger partial charge in [-0.1, -0.05) is 0 Å². The Kier molecular flexibility index (Phi) is 4.66. The van der Waals surface area contributed by atoms with Crippen LogP contribution in [-0.2, 0) is 11.3 Å². The van der Waals surface area contributed by atoms with Gasteiger partial charge in [-0.25, -0.2) is 0 Å². The molecule has 2 heterocycles. The topological polar surface area (TPSA) is 64.4 Å². The van der Waals surface area contributed by atoms with E-state index in [0.29, 0.717) is 24.4 Å². The van der Waals surface area contributed by atoms with E-state index in [0.717, 1.165) is 5.69 Å². The third-order valence-corrected chi connectivity index (χ3v) is 10.3. The fourth-order valence-electron chi connectivity index (χ4n) is 2.99. The number of ether oxygens (including phenoxy) is 1. The van der Waals surface area contributed by atoms with Gasteiger partial charge in [-0.15, -0.1) is 0 Å². The molecule has 1 aromatic heterocycles. The van der Waals surface area contributed by atoms with Crippen molar-refractivity contribution in [2.75, 3.05) is 13.7 Å². The Morgan fingerprint density at radius 3 is 2.68 bits per heavy atom. The number of esters is 1. The number of imidazole rings is 1. The number of amides is 1. The Hall–Kier alpha value is -1.83. The second kappa shape index (κ2) is 6.48. The molecule has 7 heteroatoms. The number of rotatable bonds is 3. The molecule has 0 bridgehead atoms. The van der Waals surface area contributed by atoms with Crippen LogP contribution in [-0.4, -0.2) is 58.4 Å². The number of nitrogens with zero attached hydrogens (tertiary/aromatic N) is 3. The molecule has 0 radical (unpaired) electrons. The zero-order chi connectivity index (χ0) is 18.4. The average molecular weight is 448 g/mol. The van der Waals surface area contributed by atoms with Crippen molar-refractivity contribution in [3.63, 3.8) is 0 Å².